The number of aryl methyl sites for hydroxylation is 2. The highest BCUT2D eigenvalue weighted by Crippen LogP contribution is 2.29. The summed E-state index contributed by atoms with van der Waals surface area (Å²) in [5.74, 6) is 0. The molecule has 0 aliphatic rings. The lowest BCUT2D eigenvalue weighted by molar-refractivity contribution is 0.687. The maximum absolute atomic E-state index is 4.57. The number of rotatable bonds is 4. The lowest BCUT2D eigenvalue weighted by Crippen LogP contribution is -2.19. The molecule has 0 saturated carbocycles. The van der Waals surface area contributed by atoms with Crippen LogP contribution in [0.5, 0.6) is 0 Å². The number of hydrogen-bond donors (Lipinski definition) is 1. The first-order chi connectivity index (χ1) is 10.2. The largest absolute Gasteiger partial charge is 0.309 e. The molecule has 1 atom stereocenters. The van der Waals surface area contributed by atoms with E-state index < -0.39 is 0 Å². The van der Waals surface area contributed by atoms with Crippen molar-refractivity contribution < 1.29 is 0 Å². The molecule has 1 N–H and O–H groups in total. The average molecular weight is 280 g/mol. The summed E-state index contributed by atoms with van der Waals surface area (Å²) < 4.78 is 1.89. The van der Waals surface area contributed by atoms with E-state index in [9.17, 15) is 0 Å². The highest BCUT2D eigenvalue weighted by atomic mass is 15.3. The Morgan fingerprint density at radius 1 is 1.19 bits per heavy atom. The molecule has 0 radical (unpaired) electrons. The van der Waals surface area contributed by atoms with Crippen molar-refractivity contribution in [2.45, 2.75) is 19.4 Å². The van der Waals surface area contributed by atoms with E-state index in [0.717, 1.165) is 23.0 Å². The third-order valence-corrected chi connectivity index (χ3v) is 3.85. The number of nitrogens with zero attached hydrogens (tertiary/aromatic N) is 3. The first-order valence-corrected chi connectivity index (χ1v) is 7.28. The van der Waals surface area contributed by atoms with Gasteiger partial charge in [0, 0.05) is 30.4 Å². The molecule has 1 aromatic carbocycles. The van der Waals surface area contributed by atoms with Crippen molar-refractivity contribution in [2.24, 2.45) is 7.05 Å². The monoisotopic (exact) mass is 280 g/mol. The molecule has 0 aliphatic carbocycles. The molecule has 0 aliphatic heterocycles. The third-order valence-electron chi connectivity index (χ3n) is 3.85. The number of aromatic nitrogens is 3. The second kappa shape index (κ2) is 5.66. The number of para-hydroxylation sites is 1. The standard InChI is InChI=1S/C17H20N4/c1-4-15-14(11-21(3)20-15)17(18-2)13-9-5-7-12-8-6-10-19-16(12)13/h5-11,17-18H,4H2,1-3H3. The van der Waals surface area contributed by atoms with Gasteiger partial charge in [0.05, 0.1) is 17.3 Å². The van der Waals surface area contributed by atoms with Crippen molar-refractivity contribution in [2.75, 3.05) is 7.05 Å². The Labute approximate surface area is 124 Å². The van der Waals surface area contributed by atoms with Gasteiger partial charge < -0.3 is 5.32 Å². The molecule has 0 spiro atoms. The molecule has 4 nitrogen and oxygen atoms in total. The molecule has 0 amide bonds. The summed E-state index contributed by atoms with van der Waals surface area (Å²) in [7, 11) is 3.95. The first-order valence-electron chi connectivity index (χ1n) is 7.28. The van der Waals surface area contributed by atoms with Crippen molar-refractivity contribution in [1.29, 1.82) is 0 Å². The molecule has 21 heavy (non-hydrogen) atoms. The fourth-order valence-corrected chi connectivity index (χ4v) is 2.91. The van der Waals surface area contributed by atoms with Crippen molar-refractivity contribution in [3.05, 3.63) is 59.5 Å². The van der Waals surface area contributed by atoms with E-state index in [1.54, 1.807) is 0 Å². The Balaban J connectivity index is 2.18. The van der Waals surface area contributed by atoms with Crippen LogP contribution in [0.4, 0.5) is 0 Å². The lowest BCUT2D eigenvalue weighted by Gasteiger charge is -2.18. The molecule has 0 bridgehead atoms. The Bertz CT molecular complexity index is 755. The van der Waals surface area contributed by atoms with Gasteiger partial charge in [-0.05, 0) is 25.1 Å². The Kier molecular flexibility index (Phi) is 3.71. The average Bonchev–Trinajstić information content (AvgIpc) is 2.89. The van der Waals surface area contributed by atoms with E-state index in [4.69, 9.17) is 0 Å². The minimum absolute atomic E-state index is 0.104. The van der Waals surface area contributed by atoms with Crippen LogP contribution < -0.4 is 5.32 Å². The summed E-state index contributed by atoms with van der Waals surface area (Å²) in [6, 6.07) is 10.5. The van der Waals surface area contributed by atoms with Gasteiger partial charge in [-0.3, -0.25) is 9.67 Å². The molecular formula is C17H20N4. The molecule has 0 saturated heterocycles. The molecule has 108 valence electrons. The van der Waals surface area contributed by atoms with Gasteiger partial charge in [-0.25, -0.2) is 0 Å². The number of fused-ring (bicyclic) bond motifs is 1. The van der Waals surface area contributed by atoms with Crippen molar-refractivity contribution in [3.8, 4) is 0 Å². The summed E-state index contributed by atoms with van der Waals surface area (Å²) in [6.07, 6.45) is 4.87. The fraction of sp³-hybridized carbons (Fsp3) is 0.294. The van der Waals surface area contributed by atoms with Crippen LogP contribution in [-0.4, -0.2) is 21.8 Å². The first kappa shape index (κ1) is 13.8. The molecule has 4 heteroatoms. The minimum atomic E-state index is 0.104. The smallest absolute Gasteiger partial charge is 0.0753 e. The fourth-order valence-electron chi connectivity index (χ4n) is 2.91. The van der Waals surface area contributed by atoms with Gasteiger partial charge in [0.25, 0.3) is 0 Å². The van der Waals surface area contributed by atoms with Gasteiger partial charge >= 0.3 is 0 Å². The number of pyridine rings is 1. The third kappa shape index (κ3) is 2.43. The van der Waals surface area contributed by atoms with Gasteiger partial charge in [-0.1, -0.05) is 31.2 Å². The van der Waals surface area contributed by atoms with E-state index in [-0.39, 0.29) is 6.04 Å². The normalized spacial score (nSPS) is 12.7. The number of nitrogens with one attached hydrogen (secondary N) is 1. The Hall–Kier alpha value is -2.20. The highest BCUT2D eigenvalue weighted by Gasteiger charge is 2.20. The van der Waals surface area contributed by atoms with Gasteiger partial charge in [-0.2, -0.15) is 5.10 Å². The van der Waals surface area contributed by atoms with Crippen LogP contribution in [-0.2, 0) is 13.5 Å². The SMILES string of the molecule is CCc1nn(C)cc1C(NC)c1cccc2cccnc12. The van der Waals surface area contributed by atoms with Crippen LogP contribution in [0.25, 0.3) is 10.9 Å². The number of benzene rings is 1. The highest BCUT2D eigenvalue weighted by molar-refractivity contribution is 5.82. The van der Waals surface area contributed by atoms with E-state index in [0.29, 0.717) is 0 Å². The van der Waals surface area contributed by atoms with E-state index in [1.807, 2.05) is 31.0 Å². The van der Waals surface area contributed by atoms with Crippen LogP contribution >= 0.6 is 0 Å². The van der Waals surface area contributed by atoms with Gasteiger partial charge in [0.2, 0.25) is 0 Å². The predicted octanol–water partition coefficient (Wildman–Crippen LogP) is 2.84. The van der Waals surface area contributed by atoms with Crippen LogP contribution in [0, 0.1) is 0 Å². The van der Waals surface area contributed by atoms with Crippen molar-refractivity contribution in [1.82, 2.24) is 20.1 Å². The molecule has 1 unspecified atom stereocenters. The van der Waals surface area contributed by atoms with E-state index >= 15 is 0 Å². The molecule has 2 aromatic heterocycles. The lowest BCUT2D eigenvalue weighted by atomic mass is 9.96. The maximum atomic E-state index is 4.57. The summed E-state index contributed by atoms with van der Waals surface area (Å²) in [5, 5.41) is 9.15. The van der Waals surface area contributed by atoms with E-state index in [1.165, 1.54) is 11.1 Å². The van der Waals surface area contributed by atoms with Crippen molar-refractivity contribution >= 4 is 10.9 Å². The van der Waals surface area contributed by atoms with Gasteiger partial charge in [0.1, 0.15) is 0 Å². The molecule has 3 aromatic rings. The number of hydrogen-bond acceptors (Lipinski definition) is 3. The van der Waals surface area contributed by atoms with E-state index in [2.05, 4.69) is 52.8 Å². The zero-order valence-electron chi connectivity index (χ0n) is 12.7. The van der Waals surface area contributed by atoms with Gasteiger partial charge in [0.15, 0.2) is 0 Å². The summed E-state index contributed by atoms with van der Waals surface area (Å²) in [5.41, 5.74) is 4.59. The topological polar surface area (TPSA) is 42.7 Å². The van der Waals surface area contributed by atoms with Gasteiger partial charge in [-0.15, -0.1) is 0 Å². The van der Waals surface area contributed by atoms with Crippen LogP contribution in [0.1, 0.15) is 29.8 Å². The maximum Gasteiger partial charge on any atom is 0.0753 e. The Morgan fingerprint density at radius 3 is 2.76 bits per heavy atom. The molecule has 3 rings (SSSR count). The second-order valence-corrected chi connectivity index (χ2v) is 5.20. The Morgan fingerprint density at radius 2 is 2.00 bits per heavy atom. The summed E-state index contributed by atoms with van der Waals surface area (Å²) >= 11 is 0. The van der Waals surface area contributed by atoms with Crippen molar-refractivity contribution in [3.63, 3.8) is 0 Å². The summed E-state index contributed by atoms with van der Waals surface area (Å²) in [6.45, 7) is 2.14. The molecular weight excluding hydrogens is 260 g/mol. The van der Waals surface area contributed by atoms with Crippen LogP contribution in [0.2, 0.25) is 0 Å². The predicted molar refractivity (Wildman–Crippen MR) is 85.2 cm³/mol. The quantitative estimate of drug-likeness (QED) is 0.799. The summed E-state index contributed by atoms with van der Waals surface area (Å²) in [4.78, 5) is 4.57. The molecule has 0 fully saturated rings. The van der Waals surface area contributed by atoms with Crippen LogP contribution in [0.3, 0.4) is 0 Å². The zero-order chi connectivity index (χ0) is 14.8. The van der Waals surface area contributed by atoms with Crippen LogP contribution in [0.15, 0.2) is 42.7 Å². The zero-order valence-corrected chi connectivity index (χ0v) is 12.7. The minimum Gasteiger partial charge on any atom is -0.309 e. The second-order valence-electron chi connectivity index (χ2n) is 5.20. The molecule has 2 heterocycles.